The van der Waals surface area contributed by atoms with Crippen LogP contribution in [0.2, 0.25) is 0 Å². The molecule has 0 aliphatic carbocycles. The summed E-state index contributed by atoms with van der Waals surface area (Å²) < 4.78 is 11.6. The Morgan fingerprint density at radius 3 is 2.50 bits per heavy atom. The Morgan fingerprint density at radius 2 is 1.85 bits per heavy atom. The third-order valence-corrected chi connectivity index (χ3v) is 4.35. The second-order valence-corrected chi connectivity index (χ2v) is 6.11. The molecular formula is C20H19N3O3. The molecule has 1 aromatic heterocycles. The highest BCUT2D eigenvalue weighted by Gasteiger charge is 2.21. The van der Waals surface area contributed by atoms with Gasteiger partial charge in [0.1, 0.15) is 0 Å². The number of carbonyl (C=O) groups excluding carboxylic acids is 1. The van der Waals surface area contributed by atoms with E-state index in [-0.39, 0.29) is 11.8 Å². The van der Waals surface area contributed by atoms with Crippen LogP contribution in [0.3, 0.4) is 0 Å². The first kappa shape index (κ1) is 16.5. The van der Waals surface area contributed by atoms with Crippen molar-refractivity contribution < 1.29 is 13.9 Å². The average molecular weight is 349 g/mol. The highest BCUT2D eigenvalue weighted by Crippen LogP contribution is 2.31. The van der Waals surface area contributed by atoms with Gasteiger partial charge in [-0.2, -0.15) is 0 Å². The number of primary amides is 1. The van der Waals surface area contributed by atoms with Crippen LogP contribution in [0.25, 0.3) is 22.8 Å². The Balaban J connectivity index is 1.68. The van der Waals surface area contributed by atoms with Gasteiger partial charge >= 0.3 is 0 Å². The standard InChI is InChI=1S/C20H19N3O3/c21-19(24)17-18(26-20(23-17)15-4-2-1-3-5-15)14-8-6-13(7-9-14)16-12-22-10-11-25-16/h1-9,16,22H,10-12H2,(H2,21,24). The molecule has 2 aromatic carbocycles. The fourth-order valence-corrected chi connectivity index (χ4v) is 3.02. The minimum atomic E-state index is -0.616. The molecule has 6 heteroatoms. The maximum absolute atomic E-state index is 11.8. The van der Waals surface area contributed by atoms with Gasteiger partial charge in [-0.3, -0.25) is 4.79 Å². The van der Waals surface area contributed by atoms with Crippen molar-refractivity contribution in [2.24, 2.45) is 5.73 Å². The van der Waals surface area contributed by atoms with E-state index in [2.05, 4.69) is 10.3 Å². The summed E-state index contributed by atoms with van der Waals surface area (Å²) in [5, 5.41) is 3.31. The van der Waals surface area contributed by atoms with Gasteiger partial charge in [-0.1, -0.05) is 42.5 Å². The Bertz CT molecular complexity index is 898. The van der Waals surface area contributed by atoms with E-state index in [4.69, 9.17) is 14.9 Å². The van der Waals surface area contributed by atoms with Gasteiger partial charge < -0.3 is 20.2 Å². The molecule has 1 amide bonds. The van der Waals surface area contributed by atoms with Crippen molar-refractivity contribution in [2.75, 3.05) is 19.7 Å². The molecule has 1 saturated heterocycles. The molecular weight excluding hydrogens is 330 g/mol. The number of nitrogens with two attached hydrogens (primary N) is 1. The largest absolute Gasteiger partial charge is 0.435 e. The lowest BCUT2D eigenvalue weighted by Gasteiger charge is -2.24. The summed E-state index contributed by atoms with van der Waals surface area (Å²) in [6, 6.07) is 17.2. The van der Waals surface area contributed by atoms with Crippen LogP contribution >= 0.6 is 0 Å². The maximum atomic E-state index is 11.8. The number of hydrogen-bond donors (Lipinski definition) is 2. The van der Waals surface area contributed by atoms with E-state index in [9.17, 15) is 4.79 Å². The molecule has 1 atom stereocenters. The summed E-state index contributed by atoms with van der Waals surface area (Å²) in [4.78, 5) is 16.1. The van der Waals surface area contributed by atoms with Crippen molar-refractivity contribution in [1.29, 1.82) is 0 Å². The zero-order chi connectivity index (χ0) is 17.9. The molecule has 1 fully saturated rings. The molecule has 1 aliphatic heterocycles. The fraction of sp³-hybridized carbons (Fsp3) is 0.200. The van der Waals surface area contributed by atoms with Crippen molar-refractivity contribution in [1.82, 2.24) is 10.3 Å². The Morgan fingerprint density at radius 1 is 1.08 bits per heavy atom. The molecule has 0 saturated carbocycles. The third kappa shape index (κ3) is 3.24. The van der Waals surface area contributed by atoms with E-state index in [0.717, 1.165) is 29.8 Å². The quantitative estimate of drug-likeness (QED) is 0.756. The van der Waals surface area contributed by atoms with Crippen molar-refractivity contribution in [3.05, 3.63) is 65.9 Å². The summed E-state index contributed by atoms with van der Waals surface area (Å²) in [6.07, 6.45) is 0.0306. The smallest absolute Gasteiger partial charge is 0.271 e. The summed E-state index contributed by atoms with van der Waals surface area (Å²) >= 11 is 0. The molecule has 4 rings (SSSR count). The molecule has 6 nitrogen and oxygen atoms in total. The monoisotopic (exact) mass is 349 g/mol. The first-order chi connectivity index (χ1) is 12.7. The van der Waals surface area contributed by atoms with Gasteiger partial charge in [-0.15, -0.1) is 0 Å². The zero-order valence-electron chi connectivity index (χ0n) is 14.1. The lowest BCUT2D eigenvalue weighted by atomic mass is 10.0. The molecule has 26 heavy (non-hydrogen) atoms. The van der Waals surface area contributed by atoms with E-state index >= 15 is 0 Å². The summed E-state index contributed by atoms with van der Waals surface area (Å²) in [5.41, 5.74) is 8.25. The second-order valence-electron chi connectivity index (χ2n) is 6.11. The minimum Gasteiger partial charge on any atom is -0.435 e. The molecule has 1 unspecified atom stereocenters. The summed E-state index contributed by atoms with van der Waals surface area (Å²) in [6.45, 7) is 2.35. The number of oxazole rings is 1. The van der Waals surface area contributed by atoms with Gasteiger partial charge in [-0.05, 0) is 17.7 Å². The highest BCUT2D eigenvalue weighted by molar-refractivity contribution is 5.97. The Kier molecular flexibility index (Phi) is 4.51. The molecule has 1 aliphatic rings. The van der Waals surface area contributed by atoms with Crippen molar-refractivity contribution in [3.8, 4) is 22.8 Å². The summed E-state index contributed by atoms with van der Waals surface area (Å²) in [7, 11) is 0. The minimum absolute atomic E-state index is 0.0306. The van der Waals surface area contributed by atoms with Gasteiger partial charge in [0.15, 0.2) is 11.5 Å². The lowest BCUT2D eigenvalue weighted by Crippen LogP contribution is -2.33. The first-order valence-corrected chi connectivity index (χ1v) is 8.51. The normalized spacial score (nSPS) is 17.2. The van der Waals surface area contributed by atoms with E-state index in [1.807, 2.05) is 54.6 Å². The number of amides is 1. The number of ether oxygens (including phenoxy) is 1. The second kappa shape index (κ2) is 7.11. The predicted molar refractivity (Wildman–Crippen MR) is 97.5 cm³/mol. The van der Waals surface area contributed by atoms with E-state index in [1.54, 1.807) is 0 Å². The molecule has 0 radical (unpaired) electrons. The van der Waals surface area contributed by atoms with Gasteiger partial charge in [0.2, 0.25) is 5.89 Å². The third-order valence-electron chi connectivity index (χ3n) is 4.35. The lowest BCUT2D eigenvalue weighted by molar-refractivity contribution is 0.0277. The van der Waals surface area contributed by atoms with Crippen molar-refractivity contribution in [3.63, 3.8) is 0 Å². The number of benzene rings is 2. The Labute approximate surface area is 151 Å². The molecule has 3 N–H and O–H groups in total. The van der Waals surface area contributed by atoms with Crippen molar-refractivity contribution in [2.45, 2.75) is 6.10 Å². The van der Waals surface area contributed by atoms with Crippen LogP contribution in [-0.2, 0) is 4.74 Å². The first-order valence-electron chi connectivity index (χ1n) is 8.51. The number of morpholine rings is 1. The fourth-order valence-electron chi connectivity index (χ4n) is 3.02. The van der Waals surface area contributed by atoms with E-state index in [1.165, 1.54) is 0 Å². The van der Waals surface area contributed by atoms with Crippen LogP contribution in [0.4, 0.5) is 0 Å². The van der Waals surface area contributed by atoms with Crippen LogP contribution in [-0.4, -0.2) is 30.6 Å². The molecule has 0 spiro atoms. The number of nitrogens with one attached hydrogen (secondary N) is 1. The summed E-state index contributed by atoms with van der Waals surface area (Å²) in [5.74, 6) is 0.138. The van der Waals surface area contributed by atoms with Crippen molar-refractivity contribution >= 4 is 5.91 Å². The maximum Gasteiger partial charge on any atom is 0.271 e. The molecule has 3 aromatic rings. The number of aromatic nitrogens is 1. The van der Waals surface area contributed by atoms with Gasteiger partial charge in [-0.25, -0.2) is 4.98 Å². The topological polar surface area (TPSA) is 90.4 Å². The van der Waals surface area contributed by atoms with E-state index in [0.29, 0.717) is 18.3 Å². The highest BCUT2D eigenvalue weighted by atomic mass is 16.5. The van der Waals surface area contributed by atoms with Crippen LogP contribution in [0.15, 0.2) is 59.0 Å². The van der Waals surface area contributed by atoms with Crippen LogP contribution in [0.5, 0.6) is 0 Å². The van der Waals surface area contributed by atoms with Gasteiger partial charge in [0.25, 0.3) is 5.91 Å². The molecule has 2 heterocycles. The number of carbonyl (C=O) groups is 1. The number of nitrogens with zero attached hydrogens (tertiary/aromatic N) is 1. The molecule has 0 bridgehead atoms. The number of rotatable bonds is 4. The SMILES string of the molecule is NC(=O)c1nc(-c2ccccc2)oc1-c1ccc(C2CNCCO2)cc1. The zero-order valence-corrected chi connectivity index (χ0v) is 14.1. The number of hydrogen-bond acceptors (Lipinski definition) is 5. The van der Waals surface area contributed by atoms with Crippen LogP contribution < -0.4 is 11.1 Å². The van der Waals surface area contributed by atoms with Crippen LogP contribution in [0.1, 0.15) is 22.2 Å². The van der Waals surface area contributed by atoms with Crippen LogP contribution in [0, 0.1) is 0 Å². The van der Waals surface area contributed by atoms with Gasteiger partial charge in [0.05, 0.1) is 12.7 Å². The Hall–Kier alpha value is -2.96. The molecule has 132 valence electrons. The van der Waals surface area contributed by atoms with Gasteiger partial charge in [0, 0.05) is 24.2 Å². The predicted octanol–water partition coefficient (Wildman–Crippen LogP) is 2.77. The van der Waals surface area contributed by atoms with E-state index < -0.39 is 5.91 Å². The average Bonchev–Trinajstić information content (AvgIpc) is 3.15.